The van der Waals surface area contributed by atoms with E-state index in [0.717, 1.165) is 37.6 Å². The van der Waals surface area contributed by atoms with Crippen LogP contribution in [0.4, 0.5) is 0 Å². The third-order valence-corrected chi connectivity index (χ3v) is 3.17. The molecule has 4 heteroatoms. The first-order valence-electron chi connectivity index (χ1n) is 7.29. The Morgan fingerprint density at radius 1 is 1.25 bits per heavy atom. The number of benzene rings is 1. The average Bonchev–Trinajstić information content (AvgIpc) is 2.46. The lowest BCUT2D eigenvalue weighted by molar-refractivity contribution is 0.409. The van der Waals surface area contributed by atoms with Crippen molar-refractivity contribution in [3.63, 3.8) is 0 Å². The predicted molar refractivity (Wildman–Crippen MR) is 85.7 cm³/mol. The molecule has 0 aliphatic heterocycles. The lowest BCUT2D eigenvalue weighted by Crippen LogP contribution is -2.38. The van der Waals surface area contributed by atoms with Crippen LogP contribution in [0.25, 0.3) is 0 Å². The van der Waals surface area contributed by atoms with E-state index in [0.29, 0.717) is 0 Å². The quantitative estimate of drug-likeness (QED) is 0.457. The SMILES string of the molecule is CCCCNC(=NC)NCCc1cc(C)ccc1OC. The lowest BCUT2D eigenvalue weighted by Gasteiger charge is -2.13. The fourth-order valence-electron chi connectivity index (χ4n) is 2.02. The highest BCUT2D eigenvalue weighted by Crippen LogP contribution is 2.19. The van der Waals surface area contributed by atoms with Crippen molar-refractivity contribution in [1.82, 2.24) is 10.6 Å². The molecule has 1 aromatic carbocycles. The highest BCUT2D eigenvalue weighted by Gasteiger charge is 2.03. The molecule has 2 N–H and O–H groups in total. The van der Waals surface area contributed by atoms with E-state index in [2.05, 4.69) is 41.6 Å². The van der Waals surface area contributed by atoms with E-state index in [4.69, 9.17) is 4.74 Å². The largest absolute Gasteiger partial charge is 0.496 e. The van der Waals surface area contributed by atoms with Gasteiger partial charge >= 0.3 is 0 Å². The fourth-order valence-corrected chi connectivity index (χ4v) is 2.02. The summed E-state index contributed by atoms with van der Waals surface area (Å²) < 4.78 is 5.39. The minimum atomic E-state index is 0.839. The summed E-state index contributed by atoms with van der Waals surface area (Å²) in [4.78, 5) is 4.21. The Kier molecular flexibility index (Phi) is 7.55. The molecule has 112 valence electrons. The number of guanidine groups is 1. The Bertz CT molecular complexity index is 430. The fraction of sp³-hybridized carbons (Fsp3) is 0.562. The summed E-state index contributed by atoms with van der Waals surface area (Å²) in [6, 6.07) is 6.27. The molecule has 4 nitrogen and oxygen atoms in total. The number of ether oxygens (including phenoxy) is 1. The van der Waals surface area contributed by atoms with Gasteiger partial charge in [-0.25, -0.2) is 0 Å². The average molecular weight is 277 g/mol. The summed E-state index contributed by atoms with van der Waals surface area (Å²) >= 11 is 0. The number of nitrogens with one attached hydrogen (secondary N) is 2. The Labute approximate surface area is 122 Å². The lowest BCUT2D eigenvalue weighted by atomic mass is 10.1. The maximum absolute atomic E-state index is 5.39. The molecule has 0 saturated carbocycles. The van der Waals surface area contributed by atoms with Gasteiger partial charge < -0.3 is 15.4 Å². The standard InChI is InChI=1S/C16H27N3O/c1-5-6-10-18-16(17-3)19-11-9-14-12-13(2)7-8-15(14)20-4/h7-8,12H,5-6,9-11H2,1-4H3,(H2,17,18,19). The van der Waals surface area contributed by atoms with E-state index in [9.17, 15) is 0 Å². The zero-order valence-corrected chi connectivity index (χ0v) is 13.1. The molecule has 0 heterocycles. The van der Waals surface area contributed by atoms with Crippen molar-refractivity contribution in [3.05, 3.63) is 29.3 Å². The van der Waals surface area contributed by atoms with Gasteiger partial charge in [0.25, 0.3) is 0 Å². The number of hydrogen-bond acceptors (Lipinski definition) is 2. The molecule has 0 atom stereocenters. The van der Waals surface area contributed by atoms with Gasteiger partial charge in [-0.05, 0) is 31.4 Å². The molecule has 0 aliphatic rings. The second-order valence-electron chi connectivity index (χ2n) is 4.84. The van der Waals surface area contributed by atoms with Crippen molar-refractivity contribution < 1.29 is 4.74 Å². The van der Waals surface area contributed by atoms with Gasteiger partial charge in [-0.2, -0.15) is 0 Å². The van der Waals surface area contributed by atoms with Gasteiger partial charge in [0.05, 0.1) is 7.11 Å². The molecule has 0 radical (unpaired) electrons. The van der Waals surface area contributed by atoms with E-state index in [1.807, 2.05) is 6.07 Å². The van der Waals surface area contributed by atoms with Gasteiger partial charge in [0.15, 0.2) is 5.96 Å². The van der Waals surface area contributed by atoms with Crippen LogP contribution in [0, 0.1) is 6.92 Å². The number of nitrogens with zero attached hydrogens (tertiary/aromatic N) is 1. The van der Waals surface area contributed by atoms with Crippen LogP contribution in [0.5, 0.6) is 5.75 Å². The number of aryl methyl sites for hydroxylation is 1. The Morgan fingerprint density at radius 3 is 2.65 bits per heavy atom. The molecule has 1 aromatic rings. The topological polar surface area (TPSA) is 45.7 Å². The van der Waals surface area contributed by atoms with Crippen LogP contribution in [-0.2, 0) is 6.42 Å². The molecule has 0 aromatic heterocycles. The van der Waals surface area contributed by atoms with E-state index in [-0.39, 0.29) is 0 Å². The van der Waals surface area contributed by atoms with Crippen LogP contribution in [0.2, 0.25) is 0 Å². The molecule has 0 fully saturated rings. The highest BCUT2D eigenvalue weighted by molar-refractivity contribution is 5.79. The Morgan fingerprint density at radius 2 is 2.00 bits per heavy atom. The molecule has 1 rings (SSSR count). The summed E-state index contributed by atoms with van der Waals surface area (Å²) in [5.74, 6) is 1.82. The van der Waals surface area contributed by atoms with Crippen LogP contribution in [0.1, 0.15) is 30.9 Å². The normalized spacial score (nSPS) is 11.3. The second-order valence-corrected chi connectivity index (χ2v) is 4.84. The van der Waals surface area contributed by atoms with Crippen LogP contribution >= 0.6 is 0 Å². The van der Waals surface area contributed by atoms with Crippen LogP contribution in [0.3, 0.4) is 0 Å². The highest BCUT2D eigenvalue weighted by atomic mass is 16.5. The maximum atomic E-state index is 5.39. The van der Waals surface area contributed by atoms with Crippen LogP contribution in [-0.4, -0.2) is 33.2 Å². The third kappa shape index (κ3) is 5.51. The molecule has 0 amide bonds. The monoisotopic (exact) mass is 277 g/mol. The van der Waals surface area contributed by atoms with Gasteiger partial charge in [-0.3, -0.25) is 4.99 Å². The number of methoxy groups -OCH3 is 1. The molecule has 20 heavy (non-hydrogen) atoms. The van der Waals surface area contributed by atoms with Crippen molar-refractivity contribution in [2.24, 2.45) is 4.99 Å². The van der Waals surface area contributed by atoms with E-state index in [1.165, 1.54) is 17.5 Å². The number of aliphatic imine (C=N–C) groups is 1. The first-order valence-corrected chi connectivity index (χ1v) is 7.29. The smallest absolute Gasteiger partial charge is 0.190 e. The van der Waals surface area contributed by atoms with Crippen LogP contribution in [0.15, 0.2) is 23.2 Å². The minimum absolute atomic E-state index is 0.839. The number of unbranched alkanes of at least 4 members (excludes halogenated alkanes) is 1. The van der Waals surface area contributed by atoms with Gasteiger partial charge in [-0.1, -0.05) is 31.0 Å². The van der Waals surface area contributed by atoms with Crippen molar-refractivity contribution in [2.45, 2.75) is 33.1 Å². The van der Waals surface area contributed by atoms with E-state index in [1.54, 1.807) is 14.2 Å². The predicted octanol–water partition coefficient (Wildman–Crippen LogP) is 2.51. The molecular formula is C16H27N3O. The van der Waals surface area contributed by atoms with Crippen molar-refractivity contribution >= 4 is 5.96 Å². The minimum Gasteiger partial charge on any atom is -0.496 e. The molecule has 0 spiro atoms. The molecule has 0 bridgehead atoms. The number of rotatable bonds is 7. The van der Waals surface area contributed by atoms with Crippen LogP contribution < -0.4 is 15.4 Å². The third-order valence-electron chi connectivity index (χ3n) is 3.17. The van der Waals surface area contributed by atoms with Crippen molar-refractivity contribution in [2.75, 3.05) is 27.2 Å². The maximum Gasteiger partial charge on any atom is 0.190 e. The van der Waals surface area contributed by atoms with E-state index < -0.39 is 0 Å². The summed E-state index contributed by atoms with van der Waals surface area (Å²) in [7, 11) is 3.52. The first kappa shape index (κ1) is 16.3. The number of hydrogen-bond donors (Lipinski definition) is 2. The molecular weight excluding hydrogens is 250 g/mol. The summed E-state index contributed by atoms with van der Waals surface area (Å²) in [6.07, 6.45) is 3.26. The van der Waals surface area contributed by atoms with Crippen molar-refractivity contribution in [3.8, 4) is 5.75 Å². The zero-order valence-electron chi connectivity index (χ0n) is 13.1. The first-order chi connectivity index (χ1) is 9.71. The van der Waals surface area contributed by atoms with Gasteiger partial charge in [0.1, 0.15) is 5.75 Å². The molecule has 0 unspecified atom stereocenters. The Hall–Kier alpha value is -1.71. The summed E-state index contributed by atoms with van der Waals surface area (Å²) in [5.41, 5.74) is 2.48. The summed E-state index contributed by atoms with van der Waals surface area (Å²) in [5, 5.41) is 6.64. The van der Waals surface area contributed by atoms with E-state index >= 15 is 0 Å². The zero-order chi connectivity index (χ0) is 14.8. The Balaban J connectivity index is 2.45. The second kappa shape index (κ2) is 9.23. The molecule has 0 saturated heterocycles. The van der Waals surface area contributed by atoms with Crippen molar-refractivity contribution in [1.29, 1.82) is 0 Å². The molecule has 0 aliphatic carbocycles. The van der Waals surface area contributed by atoms with Gasteiger partial charge in [-0.15, -0.1) is 0 Å². The van der Waals surface area contributed by atoms with Gasteiger partial charge in [0, 0.05) is 20.1 Å². The van der Waals surface area contributed by atoms with Gasteiger partial charge in [0.2, 0.25) is 0 Å². The summed E-state index contributed by atoms with van der Waals surface area (Å²) in [6.45, 7) is 6.08.